The second kappa shape index (κ2) is 7.38. The lowest BCUT2D eigenvalue weighted by atomic mass is 10.2. The van der Waals surface area contributed by atoms with Crippen LogP contribution in [-0.4, -0.2) is 49.1 Å². The predicted octanol–water partition coefficient (Wildman–Crippen LogP) is -0.238. The van der Waals surface area contributed by atoms with E-state index in [1.165, 1.54) is 7.05 Å². The van der Waals surface area contributed by atoms with Gasteiger partial charge in [-0.15, -0.1) is 0 Å². The molecular weight excluding hydrogens is 248 g/mol. The maximum absolute atomic E-state index is 11.6. The topological polar surface area (TPSA) is 78.9 Å². The molecule has 1 rings (SSSR count). The minimum atomic E-state index is -0.707. The molecule has 2 amide bonds. The highest BCUT2D eigenvalue weighted by atomic mass is 16.5. The van der Waals surface area contributed by atoms with Gasteiger partial charge in [-0.1, -0.05) is 18.2 Å². The van der Waals surface area contributed by atoms with E-state index in [1.54, 1.807) is 19.2 Å². The van der Waals surface area contributed by atoms with Gasteiger partial charge in [0.1, 0.15) is 5.75 Å². The van der Waals surface area contributed by atoms with Crippen LogP contribution in [0.5, 0.6) is 5.75 Å². The molecular formula is C13H18N2O4. The Morgan fingerprint density at radius 1 is 1.37 bits per heavy atom. The first-order valence-corrected chi connectivity index (χ1v) is 5.86. The predicted molar refractivity (Wildman–Crippen MR) is 69.6 cm³/mol. The zero-order valence-electron chi connectivity index (χ0n) is 11.0. The van der Waals surface area contributed by atoms with Crippen LogP contribution in [0.2, 0.25) is 0 Å². The molecule has 1 aromatic rings. The summed E-state index contributed by atoms with van der Waals surface area (Å²) in [6.07, 6.45) is 0. The monoisotopic (exact) mass is 266 g/mol. The number of benzene rings is 1. The van der Waals surface area contributed by atoms with Crippen LogP contribution in [0.15, 0.2) is 24.3 Å². The molecule has 1 aromatic carbocycles. The van der Waals surface area contributed by atoms with E-state index in [1.807, 2.05) is 12.1 Å². The lowest BCUT2D eigenvalue weighted by Gasteiger charge is -2.15. The number of nitrogens with one attached hydrogen (secondary N) is 1. The van der Waals surface area contributed by atoms with Crippen molar-refractivity contribution in [2.24, 2.45) is 0 Å². The lowest BCUT2D eigenvalue weighted by Crippen LogP contribution is -2.41. The molecule has 0 spiro atoms. The Hall–Kier alpha value is -2.08. The third-order valence-corrected chi connectivity index (χ3v) is 2.61. The molecule has 0 saturated carbocycles. The number of carbonyl (C=O) groups is 2. The van der Waals surface area contributed by atoms with Crippen LogP contribution in [0.3, 0.4) is 0 Å². The molecule has 0 unspecified atom stereocenters. The Balaban J connectivity index is 2.56. The third-order valence-electron chi connectivity index (χ3n) is 2.61. The van der Waals surface area contributed by atoms with E-state index >= 15 is 0 Å². The van der Waals surface area contributed by atoms with Crippen LogP contribution in [0.1, 0.15) is 5.56 Å². The summed E-state index contributed by atoms with van der Waals surface area (Å²) in [7, 11) is 3.00. The summed E-state index contributed by atoms with van der Waals surface area (Å²) in [5.41, 5.74) is 0.788. The van der Waals surface area contributed by atoms with Gasteiger partial charge in [0.25, 0.3) is 0 Å². The smallest absolute Gasteiger partial charge is 0.311 e. The number of likely N-dealkylation sites (N-methyl/N-ethyl adjacent to an activating group) is 1. The Morgan fingerprint density at radius 3 is 2.68 bits per heavy atom. The summed E-state index contributed by atoms with van der Waals surface area (Å²) in [5.74, 6) is -0.732. The standard InChI is InChI=1S/C13H18N2O4/c1-15(7-8-16)13(18)12(17)14-9-10-5-3-4-6-11(10)19-2/h3-6,16H,7-9H2,1-2H3,(H,14,17). The fourth-order valence-electron chi connectivity index (χ4n) is 1.53. The van der Waals surface area contributed by atoms with Gasteiger partial charge in [0.2, 0.25) is 0 Å². The van der Waals surface area contributed by atoms with E-state index in [0.29, 0.717) is 5.75 Å². The summed E-state index contributed by atoms with van der Waals surface area (Å²) in [6, 6.07) is 7.23. The van der Waals surface area contributed by atoms with Gasteiger partial charge >= 0.3 is 11.8 Å². The number of aliphatic hydroxyl groups is 1. The number of ether oxygens (including phenoxy) is 1. The van der Waals surface area contributed by atoms with E-state index in [9.17, 15) is 9.59 Å². The van der Waals surface area contributed by atoms with Gasteiger partial charge in [-0.3, -0.25) is 9.59 Å². The highest BCUT2D eigenvalue weighted by Crippen LogP contribution is 2.16. The minimum Gasteiger partial charge on any atom is -0.496 e. The number of hydrogen-bond donors (Lipinski definition) is 2. The number of para-hydroxylation sites is 1. The van der Waals surface area contributed by atoms with Crippen LogP contribution in [0, 0.1) is 0 Å². The highest BCUT2D eigenvalue weighted by Gasteiger charge is 2.17. The molecule has 2 N–H and O–H groups in total. The van der Waals surface area contributed by atoms with Crippen molar-refractivity contribution in [3.8, 4) is 5.75 Å². The Bertz CT molecular complexity index is 448. The molecule has 0 bridgehead atoms. The van der Waals surface area contributed by atoms with Gasteiger partial charge in [0, 0.05) is 25.7 Å². The van der Waals surface area contributed by atoms with Gasteiger partial charge in [-0.2, -0.15) is 0 Å². The van der Waals surface area contributed by atoms with Crippen molar-refractivity contribution in [2.75, 3.05) is 27.3 Å². The van der Waals surface area contributed by atoms with Crippen LogP contribution < -0.4 is 10.1 Å². The molecule has 0 heterocycles. The molecule has 0 saturated heterocycles. The number of amides is 2. The normalized spacial score (nSPS) is 9.84. The molecule has 6 nitrogen and oxygen atoms in total. The summed E-state index contributed by atoms with van der Waals surface area (Å²) in [5, 5.41) is 11.2. The van der Waals surface area contributed by atoms with Crippen molar-refractivity contribution in [1.82, 2.24) is 10.2 Å². The second-order valence-corrected chi connectivity index (χ2v) is 3.94. The molecule has 0 atom stereocenters. The maximum Gasteiger partial charge on any atom is 0.311 e. The third kappa shape index (κ3) is 4.26. The molecule has 0 radical (unpaired) electrons. The molecule has 6 heteroatoms. The van der Waals surface area contributed by atoms with Gasteiger partial charge in [-0.05, 0) is 6.07 Å². The molecule has 0 aliphatic carbocycles. The van der Waals surface area contributed by atoms with E-state index in [4.69, 9.17) is 9.84 Å². The van der Waals surface area contributed by atoms with Crippen molar-refractivity contribution in [1.29, 1.82) is 0 Å². The van der Waals surface area contributed by atoms with Crippen molar-refractivity contribution < 1.29 is 19.4 Å². The number of nitrogens with zero attached hydrogens (tertiary/aromatic N) is 1. The van der Waals surface area contributed by atoms with Crippen LogP contribution in [0.25, 0.3) is 0 Å². The van der Waals surface area contributed by atoms with Gasteiger partial charge in [0.05, 0.1) is 13.7 Å². The minimum absolute atomic E-state index is 0.126. The lowest BCUT2D eigenvalue weighted by molar-refractivity contribution is -0.145. The number of rotatable bonds is 5. The average Bonchev–Trinajstić information content (AvgIpc) is 2.44. The van der Waals surface area contributed by atoms with Crippen molar-refractivity contribution in [2.45, 2.75) is 6.54 Å². The largest absolute Gasteiger partial charge is 0.496 e. The fourth-order valence-corrected chi connectivity index (χ4v) is 1.53. The zero-order valence-corrected chi connectivity index (χ0v) is 11.0. The summed E-state index contributed by atoms with van der Waals surface area (Å²) in [4.78, 5) is 24.4. The second-order valence-electron chi connectivity index (χ2n) is 3.94. The highest BCUT2D eigenvalue weighted by molar-refractivity contribution is 6.34. The van der Waals surface area contributed by atoms with Gasteiger partial charge in [-0.25, -0.2) is 0 Å². The van der Waals surface area contributed by atoms with Crippen molar-refractivity contribution >= 4 is 11.8 Å². The number of carbonyl (C=O) groups excluding carboxylic acids is 2. The zero-order chi connectivity index (χ0) is 14.3. The SMILES string of the molecule is COc1ccccc1CNC(=O)C(=O)N(C)CCO. The van der Waals surface area contributed by atoms with E-state index in [-0.39, 0.29) is 19.7 Å². The van der Waals surface area contributed by atoms with Crippen LogP contribution in [0.4, 0.5) is 0 Å². The van der Waals surface area contributed by atoms with E-state index < -0.39 is 11.8 Å². The Labute approximate surface area is 112 Å². The van der Waals surface area contributed by atoms with Gasteiger partial charge in [0.15, 0.2) is 0 Å². The number of aliphatic hydroxyl groups excluding tert-OH is 1. The summed E-state index contributed by atoms with van der Waals surface area (Å²) in [6.45, 7) is 0.157. The first kappa shape index (κ1) is 15.0. The van der Waals surface area contributed by atoms with Crippen molar-refractivity contribution in [3.63, 3.8) is 0 Å². The van der Waals surface area contributed by atoms with Gasteiger partial charge < -0.3 is 20.1 Å². The molecule has 104 valence electrons. The Kier molecular flexibility index (Phi) is 5.81. The van der Waals surface area contributed by atoms with Crippen LogP contribution in [-0.2, 0) is 16.1 Å². The van der Waals surface area contributed by atoms with Crippen LogP contribution >= 0.6 is 0 Å². The quantitative estimate of drug-likeness (QED) is 0.721. The average molecular weight is 266 g/mol. The molecule has 0 aliphatic heterocycles. The number of hydrogen-bond acceptors (Lipinski definition) is 4. The first-order valence-electron chi connectivity index (χ1n) is 5.86. The van der Waals surface area contributed by atoms with E-state index in [2.05, 4.69) is 5.32 Å². The maximum atomic E-state index is 11.6. The molecule has 0 aliphatic rings. The molecule has 0 aromatic heterocycles. The first-order chi connectivity index (χ1) is 9.10. The van der Waals surface area contributed by atoms with E-state index in [0.717, 1.165) is 10.5 Å². The summed E-state index contributed by atoms with van der Waals surface area (Å²) < 4.78 is 5.14. The molecule has 0 fully saturated rings. The summed E-state index contributed by atoms with van der Waals surface area (Å²) >= 11 is 0. The number of methoxy groups -OCH3 is 1. The Morgan fingerprint density at radius 2 is 2.05 bits per heavy atom. The van der Waals surface area contributed by atoms with Crippen molar-refractivity contribution in [3.05, 3.63) is 29.8 Å². The fraction of sp³-hybridized carbons (Fsp3) is 0.385. The molecule has 19 heavy (non-hydrogen) atoms.